The second kappa shape index (κ2) is 22.7. The number of rotatable bonds is 20. The summed E-state index contributed by atoms with van der Waals surface area (Å²) in [4.78, 5) is 73.0. The van der Waals surface area contributed by atoms with Gasteiger partial charge in [-0.25, -0.2) is 4.79 Å². The Balaban J connectivity index is 1.83. The highest BCUT2D eigenvalue weighted by molar-refractivity contribution is 5.90. The molecular weight excluding hydrogens is 739 g/mol. The number of nitrogens with one attached hydrogen (secondary N) is 3. The minimum Gasteiger partial charge on any atom is -0.458 e. The fourth-order valence-corrected chi connectivity index (χ4v) is 8.87. The lowest BCUT2D eigenvalue weighted by atomic mass is 9.80. The molecule has 1 aromatic rings. The van der Waals surface area contributed by atoms with Crippen LogP contribution >= 0.6 is 0 Å². The number of amides is 4. The summed E-state index contributed by atoms with van der Waals surface area (Å²) in [5.41, 5.74) is 0.141. The molecule has 8 atom stereocenters. The van der Waals surface area contributed by atoms with E-state index in [0.29, 0.717) is 13.0 Å². The summed E-state index contributed by atoms with van der Waals surface area (Å²) in [6, 6.07) is 6.56. The largest absolute Gasteiger partial charge is 0.458 e. The third-order valence-corrected chi connectivity index (χ3v) is 11.9. The molecule has 0 aromatic heterocycles. The van der Waals surface area contributed by atoms with Crippen molar-refractivity contribution in [2.24, 2.45) is 23.7 Å². The number of likely N-dealkylation sites (N-methyl/N-ethyl adjacent to an activating group) is 2. The molecule has 328 valence electrons. The van der Waals surface area contributed by atoms with Crippen LogP contribution in [0, 0.1) is 23.7 Å². The highest BCUT2D eigenvalue weighted by Gasteiger charge is 2.44. The number of esters is 1. The van der Waals surface area contributed by atoms with Crippen LogP contribution in [0.3, 0.4) is 0 Å². The monoisotopic (exact) mass is 814 g/mol. The lowest BCUT2D eigenvalue weighted by Gasteiger charge is -2.43. The molecule has 1 saturated heterocycles. The van der Waals surface area contributed by atoms with Crippen molar-refractivity contribution in [1.29, 1.82) is 0 Å². The van der Waals surface area contributed by atoms with Crippen molar-refractivity contribution in [2.45, 2.75) is 161 Å². The molecule has 58 heavy (non-hydrogen) atoms. The summed E-state index contributed by atoms with van der Waals surface area (Å²) in [6.07, 6.45) is 5.41. The van der Waals surface area contributed by atoms with Gasteiger partial charge in [-0.2, -0.15) is 0 Å². The number of carbonyl (C=O) groups excluding carboxylic acids is 5. The maximum atomic E-state index is 14.4. The molecule has 2 aliphatic rings. The van der Waals surface area contributed by atoms with Gasteiger partial charge in [-0.1, -0.05) is 84.2 Å². The zero-order valence-electron chi connectivity index (χ0n) is 37.5. The Kier molecular flexibility index (Phi) is 19.1. The van der Waals surface area contributed by atoms with Gasteiger partial charge in [0, 0.05) is 34.2 Å². The quantitative estimate of drug-likeness (QED) is 0.156. The molecule has 13 nitrogen and oxygen atoms in total. The average Bonchev–Trinajstić information content (AvgIpc) is 3.66. The predicted molar refractivity (Wildman–Crippen MR) is 226 cm³/mol. The predicted octanol–water partition coefficient (Wildman–Crippen LogP) is 4.89. The third-order valence-electron chi connectivity index (χ3n) is 11.9. The SMILES string of the molecule is CN[C@H](C(=O)N[C@H](C(=O)N(C)[C@@H](C1CCCCC1)[C@@H](CC(=O)N1CCC[C@H]1[C@H](OC)[C@@H](C)C(=O)N[C@@H](Cc1ccccc1)C(=O)OC(C)(C)C)OC)C(C)C)C(C)C. The van der Waals surface area contributed by atoms with E-state index < -0.39 is 53.9 Å². The first-order valence-electron chi connectivity index (χ1n) is 21.5. The summed E-state index contributed by atoms with van der Waals surface area (Å²) in [5, 5.41) is 9.05. The smallest absolute Gasteiger partial charge is 0.329 e. The molecule has 3 rings (SSSR count). The minimum atomic E-state index is -0.919. The average molecular weight is 814 g/mol. The van der Waals surface area contributed by atoms with Crippen LogP contribution in [-0.2, 0) is 44.6 Å². The fourth-order valence-electron chi connectivity index (χ4n) is 8.87. The second-order valence-corrected chi connectivity index (χ2v) is 18.1. The Morgan fingerprint density at radius 1 is 0.828 bits per heavy atom. The normalized spacial score (nSPS) is 20.1. The van der Waals surface area contributed by atoms with Crippen molar-refractivity contribution < 1.29 is 38.2 Å². The third kappa shape index (κ3) is 13.5. The Morgan fingerprint density at radius 2 is 1.45 bits per heavy atom. The molecule has 2 fully saturated rings. The van der Waals surface area contributed by atoms with Gasteiger partial charge in [0.05, 0.1) is 42.7 Å². The van der Waals surface area contributed by atoms with E-state index in [0.717, 1.165) is 44.1 Å². The van der Waals surface area contributed by atoms with E-state index in [2.05, 4.69) is 16.0 Å². The number of hydrogen-bond acceptors (Lipinski definition) is 9. The van der Waals surface area contributed by atoms with Gasteiger partial charge in [0.25, 0.3) is 0 Å². The number of benzene rings is 1. The maximum absolute atomic E-state index is 14.4. The highest BCUT2D eigenvalue weighted by Crippen LogP contribution is 2.34. The second-order valence-electron chi connectivity index (χ2n) is 18.1. The molecule has 1 heterocycles. The molecule has 0 spiro atoms. The van der Waals surface area contributed by atoms with Crippen LogP contribution in [0.15, 0.2) is 30.3 Å². The van der Waals surface area contributed by atoms with Crippen molar-refractivity contribution in [3.8, 4) is 0 Å². The van der Waals surface area contributed by atoms with Crippen LogP contribution < -0.4 is 16.0 Å². The zero-order chi connectivity index (χ0) is 43.3. The van der Waals surface area contributed by atoms with Gasteiger partial charge < -0.3 is 40.0 Å². The van der Waals surface area contributed by atoms with Crippen molar-refractivity contribution in [1.82, 2.24) is 25.8 Å². The van der Waals surface area contributed by atoms with Crippen molar-refractivity contribution in [3.63, 3.8) is 0 Å². The summed E-state index contributed by atoms with van der Waals surface area (Å²) in [5.74, 6) is -2.19. The van der Waals surface area contributed by atoms with E-state index in [9.17, 15) is 24.0 Å². The van der Waals surface area contributed by atoms with Gasteiger partial charge in [-0.15, -0.1) is 0 Å². The Hall–Kier alpha value is -3.55. The van der Waals surface area contributed by atoms with Crippen LogP contribution in [0.5, 0.6) is 0 Å². The molecule has 1 aliphatic heterocycles. The van der Waals surface area contributed by atoms with Crippen molar-refractivity contribution in [2.75, 3.05) is 34.9 Å². The van der Waals surface area contributed by atoms with Crippen LogP contribution in [0.2, 0.25) is 0 Å². The lowest BCUT2D eigenvalue weighted by Crippen LogP contribution is -2.60. The minimum absolute atomic E-state index is 0.0304. The number of nitrogens with zero attached hydrogens (tertiary/aromatic N) is 2. The first kappa shape index (κ1) is 48.8. The van der Waals surface area contributed by atoms with E-state index in [4.69, 9.17) is 14.2 Å². The number of ether oxygens (including phenoxy) is 3. The van der Waals surface area contributed by atoms with E-state index >= 15 is 0 Å². The molecular formula is C45H75N5O8. The summed E-state index contributed by atoms with van der Waals surface area (Å²) in [6.45, 7) is 15.4. The van der Waals surface area contributed by atoms with Crippen LogP contribution in [0.1, 0.15) is 112 Å². The van der Waals surface area contributed by atoms with Crippen LogP contribution in [0.25, 0.3) is 0 Å². The van der Waals surface area contributed by atoms with Gasteiger partial charge in [-0.05, 0) is 76.8 Å². The van der Waals surface area contributed by atoms with Crippen LogP contribution in [-0.4, -0.2) is 122 Å². The highest BCUT2D eigenvalue weighted by atomic mass is 16.6. The topological polar surface area (TPSA) is 156 Å². The van der Waals surface area contributed by atoms with E-state index in [-0.39, 0.29) is 60.3 Å². The van der Waals surface area contributed by atoms with Gasteiger partial charge in [0.15, 0.2) is 0 Å². The van der Waals surface area contributed by atoms with Gasteiger partial charge in [0.2, 0.25) is 23.6 Å². The maximum Gasteiger partial charge on any atom is 0.329 e. The van der Waals surface area contributed by atoms with E-state index in [1.54, 1.807) is 65.8 Å². The molecule has 0 bridgehead atoms. The summed E-state index contributed by atoms with van der Waals surface area (Å²) >= 11 is 0. The van der Waals surface area contributed by atoms with Crippen molar-refractivity contribution >= 4 is 29.6 Å². The Morgan fingerprint density at radius 3 is 1.98 bits per heavy atom. The first-order chi connectivity index (χ1) is 27.3. The number of methoxy groups -OCH3 is 2. The van der Waals surface area contributed by atoms with Crippen LogP contribution in [0.4, 0.5) is 0 Å². The molecule has 0 radical (unpaired) electrons. The molecule has 3 N–H and O–H groups in total. The van der Waals surface area contributed by atoms with E-state index in [1.165, 1.54) is 0 Å². The van der Waals surface area contributed by atoms with Gasteiger partial charge >= 0.3 is 5.97 Å². The van der Waals surface area contributed by atoms with Crippen molar-refractivity contribution in [3.05, 3.63) is 35.9 Å². The molecule has 1 aromatic carbocycles. The Labute approximate surface area is 348 Å². The molecule has 1 saturated carbocycles. The summed E-state index contributed by atoms with van der Waals surface area (Å²) in [7, 11) is 6.66. The van der Waals surface area contributed by atoms with E-state index in [1.807, 2.05) is 58.0 Å². The Bertz CT molecular complexity index is 1480. The lowest BCUT2D eigenvalue weighted by molar-refractivity contribution is -0.159. The number of likely N-dealkylation sites (tertiary alicyclic amines) is 1. The first-order valence-corrected chi connectivity index (χ1v) is 21.5. The zero-order valence-corrected chi connectivity index (χ0v) is 37.5. The van der Waals surface area contributed by atoms with Gasteiger partial charge in [-0.3, -0.25) is 19.2 Å². The molecule has 4 amide bonds. The summed E-state index contributed by atoms with van der Waals surface area (Å²) < 4.78 is 17.9. The fraction of sp³-hybridized carbons (Fsp3) is 0.756. The molecule has 0 unspecified atom stereocenters. The molecule has 1 aliphatic carbocycles. The number of hydrogen-bond donors (Lipinski definition) is 3. The van der Waals surface area contributed by atoms with Gasteiger partial charge in [0.1, 0.15) is 17.7 Å². The number of carbonyl (C=O) groups is 5. The standard InChI is InChI=1S/C45H75N5O8/c1-28(2)37(46-9)42(53)48-38(29(3)4)43(54)49(10)39(32-22-17-14-18-23-32)35(56-11)27-36(51)50-25-19-24-34(50)40(57-12)30(5)41(52)47-33(44(55)58-45(6,7)8)26-31-20-15-13-16-21-31/h13,15-16,20-21,28-30,32-35,37-40,46H,14,17-19,22-27H2,1-12H3,(H,47,52)(H,48,53)/t30-,33+,34+,35-,37+,38+,39+,40-/m1/s1. The molecule has 13 heteroatoms.